The van der Waals surface area contributed by atoms with Gasteiger partial charge >= 0.3 is 0 Å². The van der Waals surface area contributed by atoms with Crippen molar-refractivity contribution in [3.05, 3.63) is 97.2 Å². The highest BCUT2D eigenvalue weighted by Gasteiger charge is 2.21. The minimum absolute atomic E-state index is 0.326. The van der Waals surface area contributed by atoms with Gasteiger partial charge in [0.1, 0.15) is 5.75 Å². The molecule has 0 atom stereocenters. The summed E-state index contributed by atoms with van der Waals surface area (Å²) in [6, 6.07) is 30.6. The monoisotopic (exact) mass is 335 g/mol. The van der Waals surface area contributed by atoms with Gasteiger partial charge in [-0.2, -0.15) is 0 Å². The average molecular weight is 335 g/mol. The van der Waals surface area contributed by atoms with Crippen molar-refractivity contribution in [3.63, 3.8) is 0 Å². The van der Waals surface area contributed by atoms with Crippen LogP contribution in [0.3, 0.4) is 0 Å². The number of rotatable bonds is 2. The van der Waals surface area contributed by atoms with Crippen LogP contribution in [0.25, 0.3) is 38.7 Å². The Morgan fingerprint density at radius 3 is 1.96 bits per heavy atom. The lowest BCUT2D eigenvalue weighted by molar-refractivity contribution is 0.484. The first-order chi connectivity index (χ1) is 12.8. The van der Waals surface area contributed by atoms with E-state index in [1.165, 1.54) is 0 Å². The zero-order chi connectivity index (χ0) is 17.5. The lowest BCUT2D eigenvalue weighted by Gasteiger charge is -2.08. The Balaban J connectivity index is 1.99. The van der Waals surface area contributed by atoms with Crippen LogP contribution >= 0.6 is 0 Å². The molecule has 26 heavy (non-hydrogen) atoms. The molecule has 5 rings (SSSR count). The molecule has 2 heteroatoms. The normalized spacial score (nSPS) is 11.2. The predicted molar refractivity (Wildman–Crippen MR) is 107 cm³/mol. The SMILES string of the molecule is Oc1c(-c2ccccc2)c(-c2ccccc2)n2ccc3ccccc3c12. The Kier molecular flexibility index (Phi) is 3.29. The summed E-state index contributed by atoms with van der Waals surface area (Å²) in [4.78, 5) is 0. The van der Waals surface area contributed by atoms with Gasteiger partial charge in [0.05, 0.1) is 16.8 Å². The molecule has 0 fully saturated rings. The lowest BCUT2D eigenvalue weighted by atomic mass is 10.0. The number of hydrogen-bond acceptors (Lipinski definition) is 1. The molecule has 124 valence electrons. The highest BCUT2D eigenvalue weighted by molar-refractivity contribution is 6.05. The molecular formula is C24H17NO. The molecular weight excluding hydrogens is 318 g/mol. The van der Waals surface area contributed by atoms with E-state index in [1.807, 2.05) is 66.9 Å². The molecule has 0 aliphatic heterocycles. The van der Waals surface area contributed by atoms with E-state index in [9.17, 15) is 5.11 Å². The van der Waals surface area contributed by atoms with E-state index in [4.69, 9.17) is 0 Å². The minimum atomic E-state index is 0.326. The number of nitrogens with zero attached hydrogens (tertiary/aromatic N) is 1. The third kappa shape index (κ3) is 2.12. The molecule has 2 aromatic heterocycles. The lowest BCUT2D eigenvalue weighted by Crippen LogP contribution is -1.90. The molecule has 0 saturated carbocycles. The first kappa shape index (κ1) is 14.8. The number of aromatic nitrogens is 1. The van der Waals surface area contributed by atoms with Crippen LogP contribution in [0.4, 0.5) is 0 Å². The fraction of sp³-hybridized carbons (Fsp3) is 0. The smallest absolute Gasteiger partial charge is 0.150 e. The summed E-state index contributed by atoms with van der Waals surface area (Å²) < 4.78 is 2.11. The average Bonchev–Trinajstić information content (AvgIpc) is 3.02. The molecule has 0 bridgehead atoms. The predicted octanol–water partition coefficient (Wildman–Crippen LogP) is 6.13. The molecule has 0 aliphatic carbocycles. The summed E-state index contributed by atoms with van der Waals surface area (Å²) in [5.41, 5.74) is 4.82. The van der Waals surface area contributed by atoms with Crippen LogP contribution in [0, 0.1) is 0 Å². The Morgan fingerprint density at radius 2 is 1.23 bits per heavy atom. The van der Waals surface area contributed by atoms with Gasteiger partial charge in [0.25, 0.3) is 0 Å². The third-order valence-electron chi connectivity index (χ3n) is 4.91. The molecule has 0 aliphatic rings. The van der Waals surface area contributed by atoms with Crippen LogP contribution in [0.5, 0.6) is 5.75 Å². The summed E-state index contributed by atoms with van der Waals surface area (Å²) in [7, 11) is 0. The number of aromatic hydroxyl groups is 1. The van der Waals surface area contributed by atoms with Crippen LogP contribution in [0.15, 0.2) is 97.2 Å². The highest BCUT2D eigenvalue weighted by atomic mass is 16.3. The molecule has 0 unspecified atom stereocenters. The Labute approximate surface area is 151 Å². The molecule has 2 nitrogen and oxygen atoms in total. The second-order valence-electron chi connectivity index (χ2n) is 6.43. The van der Waals surface area contributed by atoms with E-state index >= 15 is 0 Å². The molecule has 0 amide bonds. The van der Waals surface area contributed by atoms with E-state index in [0.29, 0.717) is 5.75 Å². The summed E-state index contributed by atoms with van der Waals surface area (Å²) in [5.74, 6) is 0.326. The molecule has 2 heterocycles. The van der Waals surface area contributed by atoms with Gasteiger partial charge < -0.3 is 9.51 Å². The molecule has 3 aromatic carbocycles. The van der Waals surface area contributed by atoms with Crippen LogP contribution in [0.2, 0.25) is 0 Å². The van der Waals surface area contributed by atoms with Gasteiger partial charge in [-0.3, -0.25) is 0 Å². The van der Waals surface area contributed by atoms with Crippen LogP contribution in [-0.4, -0.2) is 9.51 Å². The van der Waals surface area contributed by atoms with Gasteiger partial charge in [-0.15, -0.1) is 0 Å². The maximum absolute atomic E-state index is 11.3. The maximum Gasteiger partial charge on any atom is 0.150 e. The van der Waals surface area contributed by atoms with Gasteiger partial charge in [0.2, 0.25) is 0 Å². The molecule has 0 saturated heterocycles. The second kappa shape index (κ2) is 5.78. The standard InChI is InChI=1S/C24H17NO/c26-24-21(18-10-3-1-4-11-18)22(19-12-5-2-6-13-19)25-16-15-17-9-7-8-14-20(17)23(24)25/h1-16,26H. The van der Waals surface area contributed by atoms with Crippen LogP contribution in [0.1, 0.15) is 0 Å². The van der Waals surface area contributed by atoms with Crippen molar-refractivity contribution in [1.82, 2.24) is 4.40 Å². The van der Waals surface area contributed by atoms with Crippen molar-refractivity contribution in [1.29, 1.82) is 0 Å². The first-order valence-electron chi connectivity index (χ1n) is 8.70. The maximum atomic E-state index is 11.3. The van der Waals surface area contributed by atoms with Crippen molar-refractivity contribution < 1.29 is 5.11 Å². The second-order valence-corrected chi connectivity index (χ2v) is 6.43. The van der Waals surface area contributed by atoms with Crippen molar-refractivity contribution in [2.45, 2.75) is 0 Å². The van der Waals surface area contributed by atoms with Crippen molar-refractivity contribution in [2.24, 2.45) is 0 Å². The quantitative estimate of drug-likeness (QED) is 0.412. The summed E-state index contributed by atoms with van der Waals surface area (Å²) in [6.07, 6.45) is 2.05. The summed E-state index contributed by atoms with van der Waals surface area (Å²) in [5, 5.41) is 13.4. The number of pyridine rings is 1. The van der Waals surface area contributed by atoms with E-state index in [2.05, 4.69) is 34.7 Å². The van der Waals surface area contributed by atoms with E-state index in [-0.39, 0.29) is 0 Å². The molecule has 1 N–H and O–H groups in total. The van der Waals surface area contributed by atoms with Crippen molar-refractivity contribution in [3.8, 4) is 28.1 Å². The molecule has 0 spiro atoms. The summed E-state index contributed by atoms with van der Waals surface area (Å²) >= 11 is 0. The Bertz CT molecular complexity index is 1220. The largest absolute Gasteiger partial charge is 0.505 e. The molecule has 0 radical (unpaired) electrons. The number of benzene rings is 3. The summed E-state index contributed by atoms with van der Waals surface area (Å²) in [6.45, 7) is 0. The first-order valence-corrected chi connectivity index (χ1v) is 8.70. The van der Waals surface area contributed by atoms with Crippen LogP contribution < -0.4 is 0 Å². The van der Waals surface area contributed by atoms with E-state index in [1.54, 1.807) is 0 Å². The van der Waals surface area contributed by atoms with Crippen molar-refractivity contribution in [2.75, 3.05) is 0 Å². The number of hydrogen-bond donors (Lipinski definition) is 1. The Hall–Kier alpha value is -3.52. The van der Waals surface area contributed by atoms with Gasteiger partial charge in [-0.1, -0.05) is 84.9 Å². The highest BCUT2D eigenvalue weighted by Crippen LogP contribution is 2.45. The fourth-order valence-electron chi connectivity index (χ4n) is 3.75. The molecule has 5 aromatic rings. The zero-order valence-corrected chi connectivity index (χ0v) is 14.1. The van der Waals surface area contributed by atoms with E-state index < -0.39 is 0 Å². The van der Waals surface area contributed by atoms with Crippen LogP contribution in [-0.2, 0) is 0 Å². The topological polar surface area (TPSA) is 24.6 Å². The Morgan fingerprint density at radius 1 is 0.615 bits per heavy atom. The number of fused-ring (bicyclic) bond motifs is 3. The van der Waals surface area contributed by atoms with E-state index in [0.717, 1.165) is 38.7 Å². The van der Waals surface area contributed by atoms with Gasteiger partial charge in [-0.25, -0.2) is 0 Å². The van der Waals surface area contributed by atoms with Gasteiger partial charge in [-0.05, 0) is 22.6 Å². The van der Waals surface area contributed by atoms with Gasteiger partial charge in [0, 0.05) is 11.6 Å². The zero-order valence-electron chi connectivity index (χ0n) is 14.1. The fourth-order valence-corrected chi connectivity index (χ4v) is 3.75. The van der Waals surface area contributed by atoms with Crippen molar-refractivity contribution >= 4 is 16.3 Å². The van der Waals surface area contributed by atoms with Gasteiger partial charge in [0.15, 0.2) is 0 Å². The minimum Gasteiger partial charge on any atom is -0.505 e. The third-order valence-corrected chi connectivity index (χ3v) is 4.91.